The normalized spacial score (nSPS) is 11.7. The summed E-state index contributed by atoms with van der Waals surface area (Å²) in [5, 5.41) is 20.3. The van der Waals surface area contributed by atoms with E-state index in [0.717, 1.165) is 44.8 Å². The molecule has 0 saturated heterocycles. The summed E-state index contributed by atoms with van der Waals surface area (Å²) >= 11 is 0. The van der Waals surface area contributed by atoms with Crippen molar-refractivity contribution in [3.8, 4) is 68.1 Å². The van der Waals surface area contributed by atoms with Crippen LogP contribution in [0.3, 0.4) is 0 Å². The van der Waals surface area contributed by atoms with Gasteiger partial charge in [0.15, 0.2) is 55.6 Å². The lowest BCUT2D eigenvalue weighted by Gasteiger charge is -2.34. The molecule has 0 unspecified atom stereocenters. The molecule has 5 nitrogen and oxygen atoms in total. The van der Waals surface area contributed by atoms with Gasteiger partial charge in [-0.25, -0.2) is 24.9 Å². The van der Waals surface area contributed by atoms with Crippen LogP contribution < -0.4 is 83.0 Å². The van der Waals surface area contributed by atoms with Gasteiger partial charge in [-0.3, -0.25) is 0 Å². The first-order valence-electron chi connectivity index (χ1n) is 40.3. The molecule has 0 fully saturated rings. The van der Waals surface area contributed by atoms with E-state index in [4.69, 9.17) is 24.9 Å². The molecule has 19 aromatic rings. The number of rotatable bonds is 22. The van der Waals surface area contributed by atoms with Crippen LogP contribution in [0, 0.1) is 0 Å². The lowest BCUT2D eigenvalue weighted by Crippen LogP contribution is -2.74. The van der Waals surface area contributed by atoms with E-state index in [9.17, 15) is 0 Å². The zero-order valence-corrected chi connectivity index (χ0v) is 69.0. The highest BCUT2D eigenvalue weighted by atomic mass is 28.3. The highest BCUT2D eigenvalue weighted by Gasteiger charge is 2.46. The van der Waals surface area contributed by atoms with Crippen LogP contribution in [0.1, 0.15) is 0 Å². The fourth-order valence-corrected chi connectivity index (χ4v) is 37.5. The van der Waals surface area contributed by atoms with Crippen LogP contribution in [0.2, 0.25) is 0 Å². The Kier molecular flexibility index (Phi) is 20.6. The van der Waals surface area contributed by atoms with Crippen molar-refractivity contribution in [2.45, 2.75) is 0 Å². The van der Waals surface area contributed by atoms with Crippen molar-refractivity contribution in [2.24, 2.45) is 0 Å². The van der Waals surface area contributed by atoms with Crippen molar-refractivity contribution in [1.29, 1.82) is 0 Å². The molecule has 0 aliphatic heterocycles. The van der Waals surface area contributed by atoms with E-state index in [-0.39, 0.29) is 0 Å². The zero-order chi connectivity index (χ0) is 79.0. The van der Waals surface area contributed by atoms with Crippen molar-refractivity contribution in [2.75, 3.05) is 0 Å². The fourth-order valence-electron chi connectivity index (χ4n) is 18.3. The second kappa shape index (κ2) is 32.9. The summed E-state index contributed by atoms with van der Waals surface area (Å²) in [6.07, 6.45) is 0. The second-order valence-electron chi connectivity index (χ2n) is 30.1. The Bertz CT molecular complexity index is 5480. The first kappa shape index (κ1) is 73.8. The van der Waals surface area contributed by atoms with Gasteiger partial charge in [0.1, 0.15) is 0 Å². The average Bonchev–Trinajstić information content (AvgIpc) is 0.747. The van der Waals surface area contributed by atoms with Crippen LogP contribution >= 0.6 is 0 Å². The van der Waals surface area contributed by atoms with Crippen LogP contribution in [0.25, 0.3) is 68.1 Å². The Labute approximate surface area is 694 Å². The molecule has 0 saturated carbocycles. The standard InChI is InChI=1S/C109H81N5Si4/c1-13-48-88(49-14-1)115(89-50-15-2-16-51-89,90-52-17-3-18-53-90)100-72-38-42-82(77-100)104-81-105(83-43-39-73-101(78-83)116(91-54-19-4-20-55-91,92-56-21-5-22-57-92)93-58-23-6-24-59-93)111-106(110-104)84-44-37-45-85(76-84)107-112-108(86-46-40-74-102(79-86)117(94-60-25-7-26-61-94,95-62-27-8-28-63-95)96-64-29-9-30-65-96)114-109(113-107)87-47-41-75-103(80-87)118(97-66-31-10-32-67-97,98-68-33-11-34-69-98)99-70-35-12-36-71-99/h1-81H. The zero-order valence-electron chi connectivity index (χ0n) is 65.0. The summed E-state index contributed by atoms with van der Waals surface area (Å²) in [6, 6.07) is 181. The van der Waals surface area contributed by atoms with Gasteiger partial charge in [-0.2, -0.15) is 0 Å². The molecule has 0 N–H and O–H groups in total. The van der Waals surface area contributed by atoms with Crippen LogP contribution in [0.15, 0.2) is 491 Å². The Balaban J connectivity index is 0.835. The maximum Gasteiger partial charge on any atom is 0.179 e. The molecule has 9 heteroatoms. The van der Waals surface area contributed by atoms with Gasteiger partial charge < -0.3 is 0 Å². The van der Waals surface area contributed by atoms with Crippen molar-refractivity contribution >= 4 is 115 Å². The smallest absolute Gasteiger partial charge is 0.179 e. The van der Waals surface area contributed by atoms with Gasteiger partial charge >= 0.3 is 0 Å². The van der Waals surface area contributed by atoms with E-state index in [1.807, 2.05) is 0 Å². The van der Waals surface area contributed by atoms with Gasteiger partial charge in [-0.1, -0.05) is 479 Å². The maximum absolute atomic E-state index is 5.80. The largest absolute Gasteiger partial charge is 0.228 e. The van der Waals surface area contributed by atoms with Crippen molar-refractivity contribution < 1.29 is 0 Å². The topological polar surface area (TPSA) is 64.5 Å². The molecule has 17 aromatic carbocycles. The Hall–Kier alpha value is -14.3. The summed E-state index contributed by atoms with van der Waals surface area (Å²) < 4.78 is 0. The molecule has 0 radical (unpaired) electrons. The Morgan fingerprint density at radius 2 is 0.254 bits per heavy atom. The molecule has 0 aliphatic rings. The number of benzene rings is 17. The van der Waals surface area contributed by atoms with Gasteiger partial charge in [0.05, 0.1) is 11.4 Å². The van der Waals surface area contributed by atoms with Gasteiger partial charge in [0.2, 0.25) is 0 Å². The predicted octanol–water partition coefficient (Wildman–Crippen LogP) is 14.2. The monoisotopic (exact) mass is 1570 g/mol. The van der Waals surface area contributed by atoms with Crippen molar-refractivity contribution in [3.63, 3.8) is 0 Å². The van der Waals surface area contributed by atoms with Crippen LogP contribution in [-0.4, -0.2) is 57.2 Å². The quantitative estimate of drug-likeness (QED) is 0.0500. The van der Waals surface area contributed by atoms with Crippen molar-refractivity contribution in [1.82, 2.24) is 24.9 Å². The molecule has 118 heavy (non-hydrogen) atoms. The SMILES string of the molecule is c1ccc([Si](c2ccccc2)(c2ccccc2)c2cccc(-c3cc(-c4cccc([Si](c5ccccc5)(c5ccccc5)c5ccccc5)c4)nc(-c4cccc(-c5nc(-c6cccc([Si](c7ccccc7)(c7ccccc7)c7ccccc7)c6)nc(-c6cccc([Si](c7ccccc7)(c7ccccc7)c7ccccc7)c6)n5)c4)n3)c2)cc1. The van der Waals surface area contributed by atoms with Gasteiger partial charge in [-0.15, -0.1) is 0 Å². The third kappa shape index (κ3) is 13.6. The van der Waals surface area contributed by atoms with Crippen LogP contribution in [0.4, 0.5) is 0 Å². The number of hydrogen-bond acceptors (Lipinski definition) is 5. The fraction of sp³-hybridized carbons (Fsp3) is 0. The molecule has 0 amide bonds. The molecule has 2 aromatic heterocycles. The number of aromatic nitrogens is 5. The number of nitrogens with zero attached hydrogens (tertiary/aromatic N) is 5. The predicted molar refractivity (Wildman–Crippen MR) is 502 cm³/mol. The van der Waals surface area contributed by atoms with E-state index in [2.05, 4.69) is 491 Å². The third-order valence-electron chi connectivity index (χ3n) is 23.5. The molecule has 0 spiro atoms. The summed E-state index contributed by atoms with van der Waals surface area (Å²) in [5.41, 5.74) is 6.87. The minimum absolute atomic E-state index is 0.512. The molecule has 0 aliphatic carbocycles. The minimum atomic E-state index is -3.04. The highest BCUT2D eigenvalue weighted by Crippen LogP contribution is 2.33. The summed E-state index contributed by atoms with van der Waals surface area (Å²) in [6.45, 7) is 0. The third-order valence-corrected chi connectivity index (χ3v) is 42.6. The molecule has 19 rings (SSSR count). The van der Waals surface area contributed by atoms with E-state index in [1.165, 1.54) is 83.0 Å². The Morgan fingerprint density at radius 3 is 0.449 bits per heavy atom. The summed E-state index contributed by atoms with van der Waals surface area (Å²) in [5.74, 6) is 2.17. The van der Waals surface area contributed by atoms with E-state index < -0.39 is 32.3 Å². The van der Waals surface area contributed by atoms with E-state index in [0.29, 0.717) is 23.3 Å². The summed E-state index contributed by atoms with van der Waals surface area (Å²) in [4.78, 5) is 28.7. The molecule has 558 valence electrons. The maximum atomic E-state index is 5.80. The second-order valence-corrected chi connectivity index (χ2v) is 45.3. The first-order chi connectivity index (χ1) is 58.5. The van der Waals surface area contributed by atoms with Gasteiger partial charge in [0.25, 0.3) is 0 Å². The lowest BCUT2D eigenvalue weighted by molar-refractivity contribution is 1.07. The van der Waals surface area contributed by atoms with Crippen molar-refractivity contribution in [3.05, 3.63) is 491 Å². The molecule has 0 atom stereocenters. The van der Waals surface area contributed by atoms with Gasteiger partial charge in [0, 0.05) is 33.4 Å². The molecular formula is C109H81N5Si4. The van der Waals surface area contributed by atoms with Crippen LogP contribution in [-0.2, 0) is 0 Å². The van der Waals surface area contributed by atoms with E-state index >= 15 is 0 Å². The molecule has 2 heterocycles. The molecule has 0 bridgehead atoms. The highest BCUT2D eigenvalue weighted by molar-refractivity contribution is 7.22. The van der Waals surface area contributed by atoms with E-state index in [1.54, 1.807) is 0 Å². The average molecular weight is 1570 g/mol. The Morgan fingerprint density at radius 1 is 0.110 bits per heavy atom. The van der Waals surface area contributed by atoms with Gasteiger partial charge in [-0.05, 0) is 95.1 Å². The molecular weight excluding hydrogens is 1490 g/mol. The number of hydrogen-bond donors (Lipinski definition) is 0. The van der Waals surface area contributed by atoms with Crippen LogP contribution in [0.5, 0.6) is 0 Å². The minimum Gasteiger partial charge on any atom is -0.228 e. The first-order valence-corrected chi connectivity index (χ1v) is 48.3. The lowest BCUT2D eigenvalue weighted by atomic mass is 10.1. The summed E-state index contributed by atoms with van der Waals surface area (Å²) in [7, 11) is -12.1.